The van der Waals surface area contributed by atoms with Gasteiger partial charge in [0.15, 0.2) is 0 Å². The summed E-state index contributed by atoms with van der Waals surface area (Å²) in [4.78, 5) is 14.2. The zero-order chi connectivity index (χ0) is 14.5. The molecule has 2 fully saturated rings. The lowest BCUT2D eigenvalue weighted by atomic mass is 10.0. The summed E-state index contributed by atoms with van der Waals surface area (Å²) >= 11 is 0. The molecule has 1 saturated carbocycles. The first-order valence-corrected chi connectivity index (χ1v) is 7.54. The standard InChI is InChI=1S/C17H24N2O/c1-11(2)12-5-7-13(8-6-12)16-18-10-15(20)19(16)14-9-17(14,3)4/h5-8,11,14,16,18H,9-10H2,1-4H3. The second kappa shape index (κ2) is 4.59. The monoisotopic (exact) mass is 272 g/mol. The second-order valence-corrected chi connectivity index (χ2v) is 7.11. The first kappa shape index (κ1) is 13.6. The average molecular weight is 272 g/mol. The lowest BCUT2D eigenvalue weighted by Gasteiger charge is -2.26. The molecule has 3 heteroatoms. The van der Waals surface area contributed by atoms with Crippen molar-refractivity contribution in [2.45, 2.75) is 52.2 Å². The van der Waals surface area contributed by atoms with E-state index in [2.05, 4.69) is 62.2 Å². The van der Waals surface area contributed by atoms with E-state index in [1.807, 2.05) is 0 Å². The largest absolute Gasteiger partial charge is 0.318 e. The van der Waals surface area contributed by atoms with Gasteiger partial charge in [-0.25, -0.2) is 0 Å². The normalized spacial score (nSPS) is 28.2. The molecule has 1 saturated heterocycles. The molecule has 2 aliphatic rings. The average Bonchev–Trinajstić information content (AvgIpc) is 2.85. The Hall–Kier alpha value is -1.35. The highest BCUT2D eigenvalue weighted by molar-refractivity contribution is 5.81. The van der Waals surface area contributed by atoms with Crippen LogP contribution in [0.2, 0.25) is 0 Å². The molecule has 1 aliphatic heterocycles. The Labute approximate surface area is 121 Å². The second-order valence-electron chi connectivity index (χ2n) is 7.11. The summed E-state index contributed by atoms with van der Waals surface area (Å²) in [6, 6.07) is 9.07. The van der Waals surface area contributed by atoms with Crippen molar-refractivity contribution in [1.82, 2.24) is 10.2 Å². The van der Waals surface area contributed by atoms with Crippen LogP contribution in [0.15, 0.2) is 24.3 Å². The van der Waals surface area contributed by atoms with Crippen LogP contribution in [-0.4, -0.2) is 23.4 Å². The van der Waals surface area contributed by atoms with E-state index in [1.165, 1.54) is 11.1 Å². The van der Waals surface area contributed by atoms with Crippen molar-refractivity contribution in [3.8, 4) is 0 Å². The fourth-order valence-electron chi connectivity index (χ4n) is 3.13. The molecule has 20 heavy (non-hydrogen) atoms. The first-order valence-electron chi connectivity index (χ1n) is 7.54. The van der Waals surface area contributed by atoms with Crippen LogP contribution in [-0.2, 0) is 4.79 Å². The van der Waals surface area contributed by atoms with Gasteiger partial charge in [-0.15, -0.1) is 0 Å². The van der Waals surface area contributed by atoms with Crippen LogP contribution >= 0.6 is 0 Å². The van der Waals surface area contributed by atoms with E-state index >= 15 is 0 Å². The van der Waals surface area contributed by atoms with Gasteiger partial charge in [-0.2, -0.15) is 0 Å². The third-order valence-electron chi connectivity index (χ3n) is 4.73. The number of nitrogens with one attached hydrogen (secondary N) is 1. The molecule has 1 aromatic rings. The third-order valence-corrected chi connectivity index (χ3v) is 4.73. The lowest BCUT2D eigenvalue weighted by Crippen LogP contribution is -2.34. The zero-order valence-electron chi connectivity index (χ0n) is 12.8. The molecule has 3 nitrogen and oxygen atoms in total. The summed E-state index contributed by atoms with van der Waals surface area (Å²) in [6.45, 7) is 9.34. The molecule has 1 N–H and O–H groups in total. The Bertz CT molecular complexity index is 518. The molecular formula is C17H24N2O. The molecule has 1 heterocycles. The number of carbonyl (C=O) groups excluding carboxylic acids is 1. The van der Waals surface area contributed by atoms with Crippen LogP contribution in [0.3, 0.4) is 0 Å². The van der Waals surface area contributed by atoms with Crippen LogP contribution in [0.4, 0.5) is 0 Å². The van der Waals surface area contributed by atoms with E-state index < -0.39 is 0 Å². The maximum atomic E-state index is 12.2. The zero-order valence-corrected chi connectivity index (χ0v) is 12.8. The molecular weight excluding hydrogens is 248 g/mol. The minimum Gasteiger partial charge on any atom is -0.318 e. The van der Waals surface area contributed by atoms with Gasteiger partial charge < -0.3 is 4.90 Å². The van der Waals surface area contributed by atoms with Crippen molar-refractivity contribution in [3.63, 3.8) is 0 Å². The highest BCUT2D eigenvalue weighted by atomic mass is 16.2. The Balaban J connectivity index is 1.83. The predicted molar refractivity (Wildman–Crippen MR) is 80.3 cm³/mol. The number of amides is 1. The molecule has 108 valence electrons. The SMILES string of the molecule is CC(C)c1ccc(C2NCC(=O)N2C2CC2(C)C)cc1. The molecule has 1 aromatic carbocycles. The number of hydrogen-bond acceptors (Lipinski definition) is 2. The van der Waals surface area contributed by atoms with Gasteiger partial charge in [0.05, 0.1) is 6.54 Å². The Kier molecular flexibility index (Phi) is 3.13. The molecule has 2 atom stereocenters. The maximum Gasteiger partial charge on any atom is 0.238 e. The number of nitrogens with zero attached hydrogens (tertiary/aromatic N) is 1. The summed E-state index contributed by atoms with van der Waals surface area (Å²) in [5, 5.41) is 3.36. The van der Waals surface area contributed by atoms with Gasteiger partial charge in [-0.3, -0.25) is 10.1 Å². The van der Waals surface area contributed by atoms with Crippen LogP contribution in [0.1, 0.15) is 57.3 Å². The number of carbonyl (C=O) groups is 1. The molecule has 1 amide bonds. The van der Waals surface area contributed by atoms with Crippen LogP contribution < -0.4 is 5.32 Å². The minimum atomic E-state index is 0.0514. The molecule has 0 spiro atoms. The summed E-state index contributed by atoms with van der Waals surface area (Å²) < 4.78 is 0. The number of hydrogen-bond donors (Lipinski definition) is 1. The summed E-state index contributed by atoms with van der Waals surface area (Å²) in [7, 11) is 0. The Morgan fingerprint density at radius 3 is 2.35 bits per heavy atom. The van der Waals surface area contributed by atoms with Gasteiger partial charge in [-0.1, -0.05) is 52.0 Å². The number of rotatable bonds is 3. The molecule has 2 unspecified atom stereocenters. The summed E-state index contributed by atoms with van der Waals surface area (Å²) in [6.07, 6.45) is 1.16. The fraction of sp³-hybridized carbons (Fsp3) is 0.588. The predicted octanol–water partition coefficient (Wildman–Crippen LogP) is 3.04. The smallest absolute Gasteiger partial charge is 0.238 e. The van der Waals surface area contributed by atoms with Crippen LogP contribution in [0.25, 0.3) is 0 Å². The van der Waals surface area contributed by atoms with Crippen LogP contribution in [0.5, 0.6) is 0 Å². The Morgan fingerprint density at radius 2 is 1.85 bits per heavy atom. The van der Waals surface area contributed by atoms with Gasteiger partial charge in [-0.05, 0) is 28.9 Å². The molecule has 0 aromatic heterocycles. The molecule has 3 rings (SSSR count). The molecule has 0 radical (unpaired) electrons. The fourth-order valence-corrected chi connectivity index (χ4v) is 3.13. The highest BCUT2D eigenvalue weighted by Crippen LogP contribution is 2.51. The van der Waals surface area contributed by atoms with E-state index in [0.717, 1.165) is 6.42 Å². The van der Waals surface area contributed by atoms with Crippen molar-refractivity contribution in [3.05, 3.63) is 35.4 Å². The minimum absolute atomic E-state index is 0.0514. The Morgan fingerprint density at radius 1 is 1.25 bits per heavy atom. The van der Waals surface area contributed by atoms with Gasteiger partial charge in [0.2, 0.25) is 5.91 Å². The van der Waals surface area contributed by atoms with E-state index in [0.29, 0.717) is 18.5 Å². The maximum absolute atomic E-state index is 12.2. The summed E-state index contributed by atoms with van der Waals surface area (Å²) in [5.74, 6) is 0.777. The molecule has 1 aliphatic carbocycles. The number of benzene rings is 1. The van der Waals surface area contributed by atoms with Crippen molar-refractivity contribution < 1.29 is 4.79 Å². The summed E-state index contributed by atoms with van der Waals surface area (Å²) in [5.41, 5.74) is 2.82. The topological polar surface area (TPSA) is 32.3 Å². The third kappa shape index (κ3) is 2.24. The van der Waals surface area contributed by atoms with Crippen molar-refractivity contribution in [1.29, 1.82) is 0 Å². The quantitative estimate of drug-likeness (QED) is 0.917. The van der Waals surface area contributed by atoms with Crippen LogP contribution in [0, 0.1) is 5.41 Å². The van der Waals surface area contributed by atoms with Gasteiger partial charge in [0, 0.05) is 6.04 Å². The first-order chi connectivity index (χ1) is 9.40. The van der Waals surface area contributed by atoms with E-state index in [1.54, 1.807) is 0 Å². The van der Waals surface area contributed by atoms with Crippen molar-refractivity contribution >= 4 is 5.91 Å². The van der Waals surface area contributed by atoms with Gasteiger partial charge in [0.1, 0.15) is 6.17 Å². The van der Waals surface area contributed by atoms with E-state index in [9.17, 15) is 4.79 Å². The van der Waals surface area contributed by atoms with E-state index in [4.69, 9.17) is 0 Å². The van der Waals surface area contributed by atoms with Crippen molar-refractivity contribution in [2.24, 2.45) is 5.41 Å². The van der Waals surface area contributed by atoms with E-state index in [-0.39, 0.29) is 17.5 Å². The lowest BCUT2D eigenvalue weighted by molar-refractivity contribution is -0.129. The molecule has 0 bridgehead atoms. The highest BCUT2D eigenvalue weighted by Gasteiger charge is 2.54. The van der Waals surface area contributed by atoms with Gasteiger partial charge >= 0.3 is 0 Å². The van der Waals surface area contributed by atoms with Crippen molar-refractivity contribution in [2.75, 3.05) is 6.54 Å². The van der Waals surface area contributed by atoms with Gasteiger partial charge in [0.25, 0.3) is 0 Å².